The van der Waals surface area contributed by atoms with E-state index >= 15 is 0 Å². The molecule has 1 saturated heterocycles. The SMILES string of the molecule is COc1ccc2c(Oc3ccc(OC4CN(C(=O)O)C4)cc3)c(-c3ccc(S(C)(=O)=O)cc3)ccc2c1. The fraction of sp³-hybridized carbons (Fsp3) is 0.179. The Hall–Kier alpha value is -4.24. The molecule has 1 heterocycles. The van der Waals surface area contributed by atoms with Gasteiger partial charge in [0.15, 0.2) is 9.84 Å². The van der Waals surface area contributed by atoms with Gasteiger partial charge in [0.1, 0.15) is 29.1 Å². The fourth-order valence-corrected chi connectivity index (χ4v) is 4.82. The van der Waals surface area contributed by atoms with E-state index in [2.05, 4.69) is 0 Å². The summed E-state index contributed by atoms with van der Waals surface area (Å²) in [6, 6.07) is 23.5. The summed E-state index contributed by atoms with van der Waals surface area (Å²) < 4.78 is 41.4. The Labute approximate surface area is 214 Å². The van der Waals surface area contributed by atoms with E-state index in [1.807, 2.05) is 30.3 Å². The second kappa shape index (κ2) is 9.67. The van der Waals surface area contributed by atoms with Crippen LogP contribution in [-0.2, 0) is 9.84 Å². The van der Waals surface area contributed by atoms with Crippen LogP contribution >= 0.6 is 0 Å². The normalized spacial score (nSPS) is 13.7. The molecule has 0 radical (unpaired) electrons. The molecule has 9 heteroatoms. The third-order valence-corrected chi connectivity index (χ3v) is 7.36. The quantitative estimate of drug-likeness (QED) is 0.346. The van der Waals surface area contributed by atoms with E-state index in [-0.39, 0.29) is 11.0 Å². The van der Waals surface area contributed by atoms with Gasteiger partial charge in [-0.05, 0) is 71.6 Å². The molecule has 37 heavy (non-hydrogen) atoms. The minimum absolute atomic E-state index is 0.169. The van der Waals surface area contributed by atoms with Crippen LogP contribution in [0.2, 0.25) is 0 Å². The number of benzene rings is 4. The molecule has 0 saturated carbocycles. The third kappa shape index (κ3) is 5.17. The maximum Gasteiger partial charge on any atom is 0.407 e. The van der Waals surface area contributed by atoms with Gasteiger partial charge < -0.3 is 24.2 Å². The Morgan fingerprint density at radius 1 is 0.892 bits per heavy atom. The van der Waals surface area contributed by atoms with Crippen molar-refractivity contribution in [3.8, 4) is 34.1 Å². The van der Waals surface area contributed by atoms with Gasteiger partial charge in [-0.2, -0.15) is 0 Å². The smallest absolute Gasteiger partial charge is 0.407 e. The summed E-state index contributed by atoms with van der Waals surface area (Å²) in [4.78, 5) is 12.5. The van der Waals surface area contributed by atoms with Gasteiger partial charge in [-0.1, -0.05) is 18.2 Å². The second-order valence-corrected chi connectivity index (χ2v) is 10.8. The van der Waals surface area contributed by atoms with E-state index in [0.717, 1.165) is 27.6 Å². The van der Waals surface area contributed by atoms with Crippen molar-refractivity contribution >= 4 is 26.7 Å². The largest absolute Gasteiger partial charge is 0.497 e. The molecule has 4 aromatic rings. The highest BCUT2D eigenvalue weighted by atomic mass is 32.2. The Bertz CT molecular complexity index is 1560. The monoisotopic (exact) mass is 519 g/mol. The maximum atomic E-state index is 11.9. The van der Waals surface area contributed by atoms with Crippen molar-refractivity contribution in [1.29, 1.82) is 0 Å². The van der Waals surface area contributed by atoms with Gasteiger partial charge in [-0.15, -0.1) is 0 Å². The first kappa shape index (κ1) is 24.5. The van der Waals surface area contributed by atoms with Crippen molar-refractivity contribution < 1.29 is 32.5 Å². The molecule has 0 aliphatic carbocycles. The standard InChI is InChI=1S/C28H25NO7S/c1-34-22-10-14-26-19(15-22)5-13-25(18-3-11-24(12-4-18)37(2,32)33)27(26)36-21-8-6-20(7-9-21)35-23-16-29(17-23)28(30)31/h3-15,23H,16-17H2,1-2H3,(H,30,31). The highest BCUT2D eigenvalue weighted by Crippen LogP contribution is 2.41. The van der Waals surface area contributed by atoms with E-state index in [1.165, 1.54) is 11.2 Å². The number of amides is 1. The van der Waals surface area contributed by atoms with Crippen LogP contribution < -0.4 is 14.2 Å². The summed E-state index contributed by atoms with van der Waals surface area (Å²) in [5, 5.41) is 10.8. The topological polar surface area (TPSA) is 102 Å². The Morgan fingerprint density at radius 2 is 1.54 bits per heavy atom. The maximum absolute atomic E-state index is 11.9. The highest BCUT2D eigenvalue weighted by Gasteiger charge is 2.32. The zero-order valence-corrected chi connectivity index (χ0v) is 21.1. The minimum atomic E-state index is -3.31. The predicted molar refractivity (Wildman–Crippen MR) is 140 cm³/mol. The first-order valence-corrected chi connectivity index (χ1v) is 13.4. The molecule has 0 spiro atoms. The minimum Gasteiger partial charge on any atom is -0.497 e. The predicted octanol–water partition coefficient (Wildman–Crippen LogP) is 5.45. The van der Waals surface area contributed by atoms with Crippen molar-refractivity contribution in [1.82, 2.24) is 4.90 Å². The summed E-state index contributed by atoms with van der Waals surface area (Å²) in [5.74, 6) is 2.56. The Morgan fingerprint density at radius 3 is 2.16 bits per heavy atom. The van der Waals surface area contributed by atoms with E-state index in [4.69, 9.17) is 19.3 Å². The summed E-state index contributed by atoms with van der Waals surface area (Å²) in [5.41, 5.74) is 1.62. The van der Waals surface area contributed by atoms with Gasteiger partial charge in [0.25, 0.3) is 0 Å². The van der Waals surface area contributed by atoms with Gasteiger partial charge in [-0.3, -0.25) is 0 Å². The van der Waals surface area contributed by atoms with Crippen LogP contribution in [0.3, 0.4) is 0 Å². The average molecular weight is 520 g/mol. The summed E-state index contributed by atoms with van der Waals surface area (Å²) in [6.07, 6.45) is 0.0657. The summed E-state index contributed by atoms with van der Waals surface area (Å²) in [6.45, 7) is 0.684. The molecule has 8 nitrogen and oxygen atoms in total. The number of hydrogen-bond acceptors (Lipinski definition) is 6. The molecule has 0 bridgehead atoms. The molecule has 1 fully saturated rings. The summed E-state index contributed by atoms with van der Waals surface area (Å²) in [7, 11) is -1.70. The number of rotatable bonds is 7. The lowest BCUT2D eigenvalue weighted by molar-refractivity contribution is 0.0252. The molecular weight excluding hydrogens is 494 g/mol. The lowest BCUT2D eigenvalue weighted by Crippen LogP contribution is -2.55. The van der Waals surface area contributed by atoms with Crippen LogP contribution in [-0.4, -0.2) is 57.1 Å². The number of fused-ring (bicyclic) bond motifs is 1. The molecule has 0 atom stereocenters. The number of sulfone groups is 1. The Balaban J connectivity index is 1.46. The van der Waals surface area contributed by atoms with Crippen LogP contribution in [0.15, 0.2) is 83.8 Å². The van der Waals surface area contributed by atoms with Crippen LogP contribution in [0.5, 0.6) is 23.0 Å². The van der Waals surface area contributed by atoms with E-state index in [1.54, 1.807) is 55.6 Å². The molecule has 190 valence electrons. The fourth-order valence-electron chi connectivity index (χ4n) is 4.19. The molecule has 0 unspecified atom stereocenters. The van der Waals surface area contributed by atoms with Gasteiger partial charge in [-0.25, -0.2) is 13.2 Å². The van der Waals surface area contributed by atoms with Gasteiger partial charge in [0.2, 0.25) is 0 Å². The van der Waals surface area contributed by atoms with Crippen LogP contribution in [0.4, 0.5) is 4.79 Å². The molecule has 0 aromatic heterocycles. The third-order valence-electron chi connectivity index (χ3n) is 6.24. The van der Waals surface area contributed by atoms with Crippen LogP contribution in [0.25, 0.3) is 21.9 Å². The second-order valence-electron chi connectivity index (χ2n) is 8.83. The highest BCUT2D eigenvalue weighted by molar-refractivity contribution is 7.90. The number of nitrogens with zero attached hydrogens (tertiary/aromatic N) is 1. The zero-order valence-electron chi connectivity index (χ0n) is 20.2. The molecule has 5 rings (SSSR count). The summed E-state index contributed by atoms with van der Waals surface area (Å²) >= 11 is 0. The molecule has 1 N–H and O–H groups in total. The zero-order chi connectivity index (χ0) is 26.2. The molecule has 1 amide bonds. The number of hydrogen-bond donors (Lipinski definition) is 1. The number of carboxylic acid groups (broad SMARTS) is 1. The van der Waals surface area contributed by atoms with Gasteiger partial charge >= 0.3 is 6.09 Å². The van der Waals surface area contributed by atoms with E-state index in [0.29, 0.717) is 30.3 Å². The number of likely N-dealkylation sites (tertiary alicyclic amines) is 1. The Kier molecular flexibility index (Phi) is 6.39. The average Bonchev–Trinajstić information content (AvgIpc) is 2.86. The lowest BCUT2D eigenvalue weighted by atomic mass is 9.99. The van der Waals surface area contributed by atoms with E-state index < -0.39 is 15.9 Å². The van der Waals surface area contributed by atoms with Crippen molar-refractivity contribution in [2.24, 2.45) is 0 Å². The van der Waals surface area contributed by atoms with Crippen molar-refractivity contribution in [2.75, 3.05) is 26.5 Å². The van der Waals surface area contributed by atoms with Gasteiger partial charge in [0.05, 0.1) is 25.1 Å². The van der Waals surface area contributed by atoms with Gasteiger partial charge in [0, 0.05) is 17.2 Å². The van der Waals surface area contributed by atoms with Crippen molar-refractivity contribution in [2.45, 2.75) is 11.0 Å². The van der Waals surface area contributed by atoms with Crippen LogP contribution in [0, 0.1) is 0 Å². The van der Waals surface area contributed by atoms with Crippen molar-refractivity contribution in [3.63, 3.8) is 0 Å². The number of ether oxygens (including phenoxy) is 3. The number of methoxy groups -OCH3 is 1. The molecular formula is C28H25NO7S. The van der Waals surface area contributed by atoms with Crippen LogP contribution in [0.1, 0.15) is 0 Å². The first-order chi connectivity index (χ1) is 17.7. The lowest BCUT2D eigenvalue weighted by Gasteiger charge is -2.36. The molecule has 4 aromatic carbocycles. The molecule has 1 aliphatic heterocycles. The number of carbonyl (C=O) groups is 1. The van der Waals surface area contributed by atoms with E-state index in [9.17, 15) is 13.2 Å². The first-order valence-electron chi connectivity index (χ1n) is 11.5. The molecule has 1 aliphatic rings. The van der Waals surface area contributed by atoms with Crippen molar-refractivity contribution in [3.05, 3.63) is 78.9 Å².